The Kier molecular flexibility index (Phi) is 8.94. The van der Waals surface area contributed by atoms with Crippen LogP contribution in [0.25, 0.3) is 26.9 Å². The van der Waals surface area contributed by atoms with Crippen LogP contribution in [0.1, 0.15) is 60.3 Å². The zero-order chi connectivity index (χ0) is 28.2. The number of fused-ring (bicyclic) bond motifs is 1. The van der Waals surface area contributed by atoms with Gasteiger partial charge >= 0.3 is 0 Å². The lowest BCUT2D eigenvalue weighted by molar-refractivity contribution is 0.101. The molecule has 6 heteroatoms. The van der Waals surface area contributed by atoms with Gasteiger partial charge in [0.05, 0.1) is 16.5 Å². The van der Waals surface area contributed by atoms with E-state index in [1.165, 1.54) is 4.70 Å². The van der Waals surface area contributed by atoms with E-state index in [1.807, 2.05) is 37.3 Å². The van der Waals surface area contributed by atoms with Gasteiger partial charge in [-0.3, -0.25) is 4.79 Å². The van der Waals surface area contributed by atoms with Crippen molar-refractivity contribution in [2.75, 3.05) is 13.7 Å². The first kappa shape index (κ1) is 28.4. The number of hydrogen-bond acceptors (Lipinski definition) is 5. The summed E-state index contributed by atoms with van der Waals surface area (Å²) in [5.74, 6) is 0.955. The molecule has 0 aliphatic heterocycles. The Labute approximate surface area is 246 Å². The van der Waals surface area contributed by atoms with Crippen LogP contribution in [0.5, 0.6) is 5.75 Å². The van der Waals surface area contributed by atoms with Crippen LogP contribution in [0.4, 0.5) is 0 Å². The van der Waals surface area contributed by atoms with Crippen LogP contribution in [0.15, 0.2) is 73.3 Å². The fourth-order valence-corrected chi connectivity index (χ4v) is 7.24. The van der Waals surface area contributed by atoms with Gasteiger partial charge in [0.25, 0.3) is 0 Å². The van der Waals surface area contributed by atoms with Gasteiger partial charge < -0.3 is 15.0 Å². The maximum Gasteiger partial charge on any atom is 0.159 e. The maximum absolute atomic E-state index is 11.8. The first-order chi connectivity index (χ1) is 19.4. The smallest absolute Gasteiger partial charge is 0.159 e. The minimum Gasteiger partial charge on any atom is -0.494 e. The highest BCUT2D eigenvalue weighted by Gasteiger charge is 2.29. The molecule has 40 heavy (non-hydrogen) atoms. The Morgan fingerprint density at radius 2 is 1.75 bits per heavy atom. The van der Waals surface area contributed by atoms with Crippen molar-refractivity contribution >= 4 is 44.5 Å². The van der Waals surface area contributed by atoms with Crippen LogP contribution >= 0.6 is 22.9 Å². The van der Waals surface area contributed by atoms with E-state index in [0.717, 1.165) is 74.7 Å². The average Bonchev–Trinajstić information content (AvgIpc) is 3.33. The minimum atomic E-state index is 0.0704. The van der Waals surface area contributed by atoms with E-state index in [0.29, 0.717) is 25.2 Å². The molecule has 0 amide bonds. The van der Waals surface area contributed by atoms with Gasteiger partial charge in [0.2, 0.25) is 0 Å². The van der Waals surface area contributed by atoms with Gasteiger partial charge in [-0.15, -0.1) is 11.3 Å². The van der Waals surface area contributed by atoms with Gasteiger partial charge in [0.15, 0.2) is 5.78 Å². The van der Waals surface area contributed by atoms with Crippen molar-refractivity contribution in [3.8, 4) is 16.9 Å². The zero-order valence-corrected chi connectivity index (χ0v) is 25.1. The number of ketones is 1. The number of nitrogens with one attached hydrogen (secondary N) is 1. The fourth-order valence-electron chi connectivity index (χ4n) is 5.71. The van der Waals surface area contributed by atoms with Gasteiger partial charge in [-0.05, 0) is 75.9 Å². The molecule has 1 aliphatic rings. The third-order valence-corrected chi connectivity index (χ3v) is 9.74. The third-order valence-electron chi connectivity index (χ3n) is 8.02. The molecule has 1 N–H and O–H groups in total. The molecule has 0 unspecified atom stereocenters. The molecule has 0 radical (unpaired) electrons. The number of Topliss-reactive ketones (excluding diaryl/α,β-unsaturated/α-hetero) is 1. The lowest BCUT2D eigenvalue weighted by atomic mass is 9.89. The lowest BCUT2D eigenvalue weighted by Gasteiger charge is -2.39. The van der Waals surface area contributed by atoms with Crippen LogP contribution in [0, 0.1) is 0 Å². The monoisotopic (exact) mass is 572 g/mol. The molecular weight excluding hydrogens is 536 g/mol. The summed E-state index contributed by atoms with van der Waals surface area (Å²) >= 11 is 8.68. The Bertz CT molecular complexity index is 1500. The summed E-state index contributed by atoms with van der Waals surface area (Å²) in [4.78, 5) is 15.3. The van der Waals surface area contributed by atoms with E-state index >= 15 is 0 Å². The van der Waals surface area contributed by atoms with Crippen LogP contribution in [-0.4, -0.2) is 36.4 Å². The van der Waals surface area contributed by atoms with Crippen molar-refractivity contribution in [3.63, 3.8) is 0 Å². The normalized spacial score (nSPS) is 17.1. The molecule has 1 heterocycles. The van der Waals surface area contributed by atoms with Gasteiger partial charge in [-0.25, -0.2) is 0 Å². The van der Waals surface area contributed by atoms with E-state index in [4.69, 9.17) is 16.3 Å². The van der Waals surface area contributed by atoms with Crippen molar-refractivity contribution in [3.05, 3.63) is 94.3 Å². The van der Waals surface area contributed by atoms with E-state index in [1.54, 1.807) is 18.3 Å². The van der Waals surface area contributed by atoms with Crippen LogP contribution < -0.4 is 10.1 Å². The van der Waals surface area contributed by atoms with Crippen molar-refractivity contribution in [1.82, 2.24) is 10.2 Å². The molecule has 0 bridgehead atoms. The predicted molar refractivity (Wildman–Crippen MR) is 170 cm³/mol. The van der Waals surface area contributed by atoms with Gasteiger partial charge in [-0.2, -0.15) is 0 Å². The van der Waals surface area contributed by atoms with Gasteiger partial charge in [0.1, 0.15) is 5.75 Å². The highest BCUT2D eigenvalue weighted by atomic mass is 35.5. The summed E-state index contributed by atoms with van der Waals surface area (Å²) in [6.45, 7) is 9.52. The molecule has 208 valence electrons. The molecule has 4 nitrogen and oxygen atoms in total. The molecule has 0 atom stereocenters. The Morgan fingerprint density at radius 3 is 2.40 bits per heavy atom. The molecule has 0 saturated heterocycles. The number of carbonyl (C=O) groups is 1. The lowest BCUT2D eigenvalue weighted by Crippen LogP contribution is -2.40. The number of hydrogen-bond donors (Lipinski definition) is 1. The number of carbonyl (C=O) groups excluding carboxylic acids is 1. The molecule has 1 saturated carbocycles. The quantitative estimate of drug-likeness (QED) is 0.193. The Balaban J connectivity index is 1.53. The first-order valence-electron chi connectivity index (χ1n) is 14.1. The summed E-state index contributed by atoms with van der Waals surface area (Å²) in [6, 6.07) is 23.4. The average molecular weight is 573 g/mol. The zero-order valence-electron chi connectivity index (χ0n) is 23.5. The second-order valence-electron chi connectivity index (χ2n) is 10.5. The van der Waals surface area contributed by atoms with E-state index in [-0.39, 0.29) is 5.78 Å². The highest BCUT2D eigenvalue weighted by molar-refractivity contribution is 7.20. The fraction of sp³-hybridized carbons (Fsp3) is 0.324. The van der Waals surface area contributed by atoms with E-state index in [2.05, 4.69) is 60.2 Å². The summed E-state index contributed by atoms with van der Waals surface area (Å²) in [6.07, 6.45) is 4.43. The molecule has 1 aromatic heterocycles. The van der Waals surface area contributed by atoms with Crippen LogP contribution in [0.2, 0.25) is 5.02 Å². The van der Waals surface area contributed by atoms with Crippen molar-refractivity contribution in [2.24, 2.45) is 0 Å². The summed E-state index contributed by atoms with van der Waals surface area (Å²) in [5.41, 5.74) is 4.97. The van der Waals surface area contributed by atoms with Gasteiger partial charge in [-0.1, -0.05) is 66.7 Å². The standard InChI is InChI=1S/C34H37ClN2O2S/c1-5-39-31-19-14-26(25-12-10-24(11-13-25)23(3)38)20-27(31)21-37(29-17-15-28(36-4)16-18-29)22(2)34-33(35)30-8-6-7-9-32(30)40-34/h6-14,19-20,28-29,36H,2,5,15-18,21H2,1,3-4H3. The molecule has 1 fully saturated rings. The number of benzene rings is 3. The predicted octanol–water partition coefficient (Wildman–Crippen LogP) is 8.83. The van der Waals surface area contributed by atoms with Crippen LogP contribution in [-0.2, 0) is 6.54 Å². The second kappa shape index (κ2) is 12.6. The van der Waals surface area contributed by atoms with E-state index < -0.39 is 0 Å². The molecule has 0 spiro atoms. The molecular formula is C34H37ClN2O2S. The third kappa shape index (κ3) is 5.97. The number of rotatable bonds is 10. The maximum atomic E-state index is 11.8. The topological polar surface area (TPSA) is 41.6 Å². The van der Waals surface area contributed by atoms with E-state index in [9.17, 15) is 4.79 Å². The Hall–Kier alpha value is -3.12. The largest absolute Gasteiger partial charge is 0.494 e. The number of thiophene rings is 1. The Morgan fingerprint density at radius 1 is 1.05 bits per heavy atom. The molecule has 4 aromatic rings. The first-order valence-corrected chi connectivity index (χ1v) is 15.3. The summed E-state index contributed by atoms with van der Waals surface area (Å²) < 4.78 is 7.30. The summed E-state index contributed by atoms with van der Waals surface area (Å²) in [5, 5.41) is 5.32. The van der Waals surface area contributed by atoms with Crippen LogP contribution in [0.3, 0.4) is 0 Å². The SMILES string of the molecule is C=C(c1sc2ccccc2c1Cl)N(Cc1cc(-c2ccc(C(C)=O)cc2)ccc1OCC)C1CCC(NC)CC1. The summed E-state index contributed by atoms with van der Waals surface area (Å²) in [7, 11) is 2.06. The second-order valence-corrected chi connectivity index (χ2v) is 11.9. The molecule has 5 rings (SSSR count). The number of nitrogens with zero attached hydrogens (tertiary/aromatic N) is 1. The number of ether oxygens (including phenoxy) is 1. The highest BCUT2D eigenvalue weighted by Crippen LogP contribution is 2.42. The number of halogens is 1. The van der Waals surface area contributed by atoms with Gasteiger partial charge in [0, 0.05) is 45.5 Å². The van der Waals surface area contributed by atoms with Crippen molar-refractivity contribution in [1.29, 1.82) is 0 Å². The minimum absolute atomic E-state index is 0.0704. The van der Waals surface area contributed by atoms with Crippen molar-refractivity contribution < 1.29 is 9.53 Å². The molecule has 3 aromatic carbocycles. The molecule has 1 aliphatic carbocycles. The van der Waals surface area contributed by atoms with Crippen molar-refractivity contribution in [2.45, 2.75) is 58.2 Å².